The second-order valence-corrected chi connectivity index (χ2v) is 3.94. The van der Waals surface area contributed by atoms with Gasteiger partial charge in [-0.2, -0.15) is 0 Å². The summed E-state index contributed by atoms with van der Waals surface area (Å²) < 4.78 is 2.23. The van der Waals surface area contributed by atoms with E-state index in [1.165, 1.54) is 18.5 Å². The Bertz CT molecular complexity index is 278. The van der Waals surface area contributed by atoms with Crippen molar-refractivity contribution in [1.82, 2.24) is 14.9 Å². The molecular weight excluding hydrogens is 174 g/mol. The molecule has 0 aliphatic heterocycles. The molecule has 0 fully saturated rings. The minimum Gasteiger partial charge on any atom is -0.335 e. The van der Waals surface area contributed by atoms with Crippen molar-refractivity contribution in [2.45, 2.75) is 46.2 Å². The molecule has 3 nitrogen and oxygen atoms in total. The Kier molecular flexibility index (Phi) is 4.14. The van der Waals surface area contributed by atoms with Gasteiger partial charge in [0.05, 0.1) is 12.0 Å². The van der Waals surface area contributed by atoms with Gasteiger partial charge in [0.2, 0.25) is 0 Å². The van der Waals surface area contributed by atoms with Gasteiger partial charge in [-0.3, -0.25) is 0 Å². The summed E-state index contributed by atoms with van der Waals surface area (Å²) in [6, 6.07) is 0.611. The van der Waals surface area contributed by atoms with Gasteiger partial charge in [-0.25, -0.2) is 4.98 Å². The fourth-order valence-corrected chi connectivity index (χ4v) is 1.48. The van der Waals surface area contributed by atoms with E-state index in [0.29, 0.717) is 6.04 Å². The Labute approximate surface area is 86.5 Å². The molecule has 1 unspecified atom stereocenters. The second-order valence-electron chi connectivity index (χ2n) is 3.94. The molecule has 0 amide bonds. The lowest BCUT2D eigenvalue weighted by molar-refractivity contribution is 0.504. The van der Waals surface area contributed by atoms with Gasteiger partial charge >= 0.3 is 0 Å². The maximum atomic E-state index is 4.28. The molecule has 0 aliphatic rings. The molecule has 0 saturated carbocycles. The van der Waals surface area contributed by atoms with E-state index in [1.54, 1.807) is 0 Å². The van der Waals surface area contributed by atoms with E-state index in [4.69, 9.17) is 0 Å². The van der Waals surface area contributed by atoms with Gasteiger partial charge in [0.1, 0.15) is 0 Å². The third-order valence-electron chi connectivity index (χ3n) is 2.87. The number of hydrogen-bond acceptors (Lipinski definition) is 2. The molecule has 14 heavy (non-hydrogen) atoms. The lowest BCUT2D eigenvalue weighted by Gasteiger charge is -2.10. The molecule has 1 aromatic heterocycles. The molecule has 0 bridgehead atoms. The fourth-order valence-electron chi connectivity index (χ4n) is 1.48. The van der Waals surface area contributed by atoms with Crippen molar-refractivity contribution >= 4 is 0 Å². The highest BCUT2D eigenvalue weighted by Crippen LogP contribution is 2.06. The first kappa shape index (κ1) is 11.2. The summed E-state index contributed by atoms with van der Waals surface area (Å²) in [4.78, 5) is 4.28. The zero-order valence-electron chi connectivity index (χ0n) is 9.67. The van der Waals surface area contributed by atoms with Crippen molar-refractivity contribution < 1.29 is 0 Å². The van der Waals surface area contributed by atoms with Gasteiger partial charge in [0.25, 0.3) is 0 Å². The minimum atomic E-state index is 0.611. The standard InChI is InChI=1S/C11H21N3/c1-9(12-4)6-5-7-14-8-13-10(2)11(14)3/h8-9,12H,5-7H2,1-4H3. The minimum absolute atomic E-state index is 0.611. The van der Waals surface area contributed by atoms with Crippen LogP contribution < -0.4 is 5.32 Å². The summed E-state index contributed by atoms with van der Waals surface area (Å²) in [5.74, 6) is 0. The van der Waals surface area contributed by atoms with Crippen molar-refractivity contribution in [3.05, 3.63) is 17.7 Å². The van der Waals surface area contributed by atoms with Crippen LogP contribution in [0.4, 0.5) is 0 Å². The molecule has 0 aliphatic carbocycles. The average Bonchev–Trinajstić information content (AvgIpc) is 2.49. The predicted molar refractivity (Wildman–Crippen MR) is 59.5 cm³/mol. The summed E-state index contributed by atoms with van der Waals surface area (Å²) >= 11 is 0. The first-order valence-electron chi connectivity index (χ1n) is 5.30. The van der Waals surface area contributed by atoms with Crippen molar-refractivity contribution in [3.8, 4) is 0 Å². The van der Waals surface area contributed by atoms with Crippen LogP contribution in [0.3, 0.4) is 0 Å². The lowest BCUT2D eigenvalue weighted by Crippen LogP contribution is -2.21. The van der Waals surface area contributed by atoms with Crippen molar-refractivity contribution in [2.75, 3.05) is 7.05 Å². The topological polar surface area (TPSA) is 29.9 Å². The quantitative estimate of drug-likeness (QED) is 0.777. The Morgan fingerprint density at radius 2 is 2.21 bits per heavy atom. The van der Waals surface area contributed by atoms with Crippen molar-refractivity contribution in [3.63, 3.8) is 0 Å². The molecule has 1 rings (SSSR count). The Morgan fingerprint density at radius 3 is 2.71 bits per heavy atom. The van der Waals surface area contributed by atoms with Gasteiger partial charge in [-0.15, -0.1) is 0 Å². The van der Waals surface area contributed by atoms with Crippen LogP contribution in [0, 0.1) is 13.8 Å². The largest absolute Gasteiger partial charge is 0.335 e. The number of rotatable bonds is 5. The molecule has 0 saturated heterocycles. The zero-order valence-corrected chi connectivity index (χ0v) is 9.67. The van der Waals surface area contributed by atoms with Crippen LogP contribution >= 0.6 is 0 Å². The molecule has 1 aromatic rings. The summed E-state index contributed by atoms with van der Waals surface area (Å²) in [6.07, 6.45) is 4.36. The normalized spacial score (nSPS) is 13.1. The first-order valence-corrected chi connectivity index (χ1v) is 5.30. The van der Waals surface area contributed by atoms with Gasteiger partial charge in [0, 0.05) is 18.3 Å². The van der Waals surface area contributed by atoms with E-state index < -0.39 is 0 Å². The number of aryl methyl sites for hydroxylation is 2. The first-order chi connectivity index (χ1) is 6.65. The number of nitrogens with zero attached hydrogens (tertiary/aromatic N) is 2. The van der Waals surface area contributed by atoms with Crippen LogP contribution in [0.1, 0.15) is 31.2 Å². The Hall–Kier alpha value is -0.830. The Morgan fingerprint density at radius 1 is 1.50 bits per heavy atom. The maximum absolute atomic E-state index is 4.28. The summed E-state index contributed by atoms with van der Waals surface area (Å²) in [7, 11) is 2.01. The molecule has 80 valence electrons. The molecular formula is C11H21N3. The molecule has 0 radical (unpaired) electrons. The molecule has 1 N–H and O–H groups in total. The van der Waals surface area contributed by atoms with Crippen LogP contribution in [0.25, 0.3) is 0 Å². The third-order valence-corrected chi connectivity index (χ3v) is 2.87. The highest BCUT2D eigenvalue weighted by molar-refractivity contribution is 5.08. The number of nitrogens with one attached hydrogen (secondary N) is 1. The summed E-state index contributed by atoms with van der Waals surface area (Å²) in [6.45, 7) is 7.48. The number of hydrogen-bond donors (Lipinski definition) is 1. The number of aromatic nitrogens is 2. The van der Waals surface area contributed by atoms with E-state index in [0.717, 1.165) is 12.2 Å². The van der Waals surface area contributed by atoms with E-state index in [1.807, 2.05) is 13.4 Å². The van der Waals surface area contributed by atoms with Crippen LogP contribution in [0.5, 0.6) is 0 Å². The monoisotopic (exact) mass is 195 g/mol. The second kappa shape index (κ2) is 5.15. The van der Waals surface area contributed by atoms with Crippen molar-refractivity contribution in [2.24, 2.45) is 0 Å². The van der Waals surface area contributed by atoms with Crippen LogP contribution in [-0.2, 0) is 6.54 Å². The zero-order chi connectivity index (χ0) is 10.6. The van der Waals surface area contributed by atoms with Crippen LogP contribution in [0.15, 0.2) is 6.33 Å². The molecule has 0 spiro atoms. The summed E-state index contributed by atoms with van der Waals surface area (Å²) in [5, 5.41) is 3.25. The third kappa shape index (κ3) is 2.84. The molecule has 3 heteroatoms. The Balaban J connectivity index is 2.35. The molecule has 1 atom stereocenters. The van der Waals surface area contributed by atoms with Gasteiger partial charge in [0.15, 0.2) is 0 Å². The average molecular weight is 195 g/mol. The molecule has 1 heterocycles. The SMILES string of the molecule is CNC(C)CCCn1cnc(C)c1C. The summed E-state index contributed by atoms with van der Waals surface area (Å²) in [5.41, 5.74) is 2.44. The highest BCUT2D eigenvalue weighted by atomic mass is 15.0. The van der Waals surface area contributed by atoms with Crippen LogP contribution in [0.2, 0.25) is 0 Å². The van der Waals surface area contributed by atoms with Crippen molar-refractivity contribution in [1.29, 1.82) is 0 Å². The van der Waals surface area contributed by atoms with E-state index in [-0.39, 0.29) is 0 Å². The fraction of sp³-hybridized carbons (Fsp3) is 0.727. The van der Waals surface area contributed by atoms with Gasteiger partial charge in [-0.05, 0) is 40.7 Å². The van der Waals surface area contributed by atoms with Crippen LogP contribution in [-0.4, -0.2) is 22.6 Å². The predicted octanol–water partition coefficient (Wildman–Crippen LogP) is 1.89. The highest BCUT2D eigenvalue weighted by Gasteiger charge is 2.02. The maximum Gasteiger partial charge on any atom is 0.0951 e. The molecule has 0 aromatic carbocycles. The van der Waals surface area contributed by atoms with E-state index >= 15 is 0 Å². The van der Waals surface area contributed by atoms with E-state index in [9.17, 15) is 0 Å². The van der Waals surface area contributed by atoms with E-state index in [2.05, 4.69) is 35.6 Å². The smallest absolute Gasteiger partial charge is 0.0951 e. The lowest BCUT2D eigenvalue weighted by atomic mass is 10.2. The van der Waals surface area contributed by atoms with Gasteiger partial charge < -0.3 is 9.88 Å². The number of imidazole rings is 1. The van der Waals surface area contributed by atoms with Gasteiger partial charge in [-0.1, -0.05) is 0 Å².